The zero-order valence-electron chi connectivity index (χ0n) is 16.0. The molecule has 2 N–H and O–H groups in total. The fourth-order valence-corrected chi connectivity index (χ4v) is 4.47. The summed E-state index contributed by atoms with van der Waals surface area (Å²) in [6.45, 7) is 2.94. The Morgan fingerprint density at radius 1 is 1.26 bits per heavy atom. The van der Waals surface area contributed by atoms with Crippen LogP contribution in [0.4, 0.5) is 0 Å². The monoisotopic (exact) mass is 362 g/mol. The Bertz CT molecular complexity index is 989. The van der Waals surface area contributed by atoms with Crippen LogP contribution in [-0.2, 0) is 24.2 Å². The molecule has 0 saturated carbocycles. The average Bonchev–Trinajstić information content (AvgIpc) is 3.00. The molecule has 0 radical (unpaired) electrons. The lowest BCUT2D eigenvalue weighted by Crippen LogP contribution is -2.25. The lowest BCUT2D eigenvalue weighted by Gasteiger charge is -2.22. The van der Waals surface area contributed by atoms with Gasteiger partial charge in [-0.2, -0.15) is 0 Å². The van der Waals surface area contributed by atoms with Gasteiger partial charge in [0.05, 0.1) is 13.0 Å². The lowest BCUT2D eigenvalue weighted by atomic mass is 9.84. The first-order chi connectivity index (χ1) is 13.1. The second kappa shape index (κ2) is 7.10. The van der Waals surface area contributed by atoms with Crippen LogP contribution in [0, 0.1) is 0 Å². The number of ether oxygens (including phenoxy) is 1. The maximum atomic E-state index is 12.2. The predicted molar refractivity (Wildman–Crippen MR) is 108 cm³/mol. The maximum absolute atomic E-state index is 12.2. The van der Waals surface area contributed by atoms with Gasteiger partial charge in [0.1, 0.15) is 5.75 Å². The second-order valence-electron chi connectivity index (χ2n) is 7.31. The molecule has 1 unspecified atom stereocenters. The van der Waals surface area contributed by atoms with Crippen LogP contribution in [0.3, 0.4) is 0 Å². The molecule has 0 saturated heterocycles. The van der Waals surface area contributed by atoms with Crippen LogP contribution in [0.15, 0.2) is 42.5 Å². The fraction of sp³-hybridized carbons (Fsp3) is 0.348. The fourth-order valence-electron chi connectivity index (χ4n) is 4.47. The standard InChI is InChI=1S/C23H26N2O2/c1-3-16-12-20-18(13-21(16)27-2)22-17(23(24)26)10-7-11-19(22)25(20)14-15-8-5-4-6-9-15/h4-6,8-9,12-13,17H,3,7,10-11,14H2,1-2H3,(H2,24,26). The number of benzene rings is 2. The molecule has 4 nitrogen and oxygen atoms in total. The van der Waals surface area contributed by atoms with Crippen LogP contribution < -0.4 is 10.5 Å². The molecule has 0 fully saturated rings. The topological polar surface area (TPSA) is 57.2 Å². The Balaban J connectivity index is 1.99. The number of carbonyl (C=O) groups is 1. The van der Waals surface area contributed by atoms with E-state index in [1.165, 1.54) is 22.3 Å². The zero-order valence-corrected chi connectivity index (χ0v) is 16.0. The first kappa shape index (κ1) is 17.7. The Hall–Kier alpha value is -2.75. The van der Waals surface area contributed by atoms with E-state index in [2.05, 4.69) is 47.9 Å². The Labute approximate surface area is 159 Å². The van der Waals surface area contributed by atoms with Gasteiger partial charge in [0, 0.05) is 23.1 Å². The van der Waals surface area contributed by atoms with Crippen LogP contribution in [0.25, 0.3) is 10.9 Å². The van der Waals surface area contributed by atoms with E-state index < -0.39 is 0 Å². The summed E-state index contributed by atoms with van der Waals surface area (Å²) in [5.74, 6) is 0.442. The number of fused-ring (bicyclic) bond motifs is 3. The highest BCUT2D eigenvalue weighted by Crippen LogP contribution is 2.41. The molecule has 1 aromatic heterocycles. The summed E-state index contributed by atoms with van der Waals surface area (Å²) in [5, 5.41) is 1.11. The van der Waals surface area contributed by atoms with Crippen molar-refractivity contribution in [2.75, 3.05) is 7.11 Å². The molecule has 2 aromatic carbocycles. The molecular weight excluding hydrogens is 336 g/mol. The summed E-state index contributed by atoms with van der Waals surface area (Å²) in [6.07, 6.45) is 3.69. The summed E-state index contributed by atoms with van der Waals surface area (Å²) < 4.78 is 8.02. The number of nitrogens with zero attached hydrogens (tertiary/aromatic N) is 1. The third-order valence-corrected chi connectivity index (χ3v) is 5.78. The highest BCUT2D eigenvalue weighted by Gasteiger charge is 2.31. The van der Waals surface area contributed by atoms with Crippen LogP contribution in [0.1, 0.15) is 48.1 Å². The third-order valence-electron chi connectivity index (χ3n) is 5.78. The number of primary amides is 1. The molecule has 4 rings (SSSR count). The van der Waals surface area contributed by atoms with Gasteiger partial charge in [0.25, 0.3) is 0 Å². The van der Waals surface area contributed by atoms with Gasteiger partial charge in [0.2, 0.25) is 5.91 Å². The minimum Gasteiger partial charge on any atom is -0.496 e. The number of nitrogens with two attached hydrogens (primary N) is 1. The summed E-state index contributed by atoms with van der Waals surface area (Å²) in [5.41, 5.74) is 11.8. The normalized spacial score (nSPS) is 16.3. The Morgan fingerprint density at radius 3 is 2.70 bits per heavy atom. The average molecular weight is 362 g/mol. The molecule has 1 heterocycles. The number of hydrogen-bond acceptors (Lipinski definition) is 2. The van der Waals surface area contributed by atoms with Crippen LogP contribution in [0.2, 0.25) is 0 Å². The first-order valence-electron chi connectivity index (χ1n) is 9.69. The molecule has 0 bridgehead atoms. The highest BCUT2D eigenvalue weighted by molar-refractivity contribution is 5.94. The number of rotatable bonds is 5. The van der Waals surface area contributed by atoms with Crippen molar-refractivity contribution in [2.24, 2.45) is 5.73 Å². The SMILES string of the molecule is CCc1cc2c(cc1OC)c1c(n2Cc2ccccc2)CCCC1C(N)=O. The molecule has 4 heteroatoms. The second-order valence-corrected chi connectivity index (χ2v) is 7.31. The van der Waals surface area contributed by atoms with E-state index in [-0.39, 0.29) is 11.8 Å². The zero-order chi connectivity index (χ0) is 19.0. The number of amides is 1. The van der Waals surface area contributed by atoms with Crippen molar-refractivity contribution in [3.8, 4) is 5.75 Å². The van der Waals surface area contributed by atoms with Crippen molar-refractivity contribution < 1.29 is 9.53 Å². The summed E-state index contributed by atoms with van der Waals surface area (Å²) in [4.78, 5) is 12.2. The van der Waals surface area contributed by atoms with E-state index >= 15 is 0 Å². The van der Waals surface area contributed by atoms with Gasteiger partial charge in [-0.25, -0.2) is 0 Å². The molecular formula is C23H26N2O2. The maximum Gasteiger partial charge on any atom is 0.225 e. The Kier molecular flexibility index (Phi) is 4.65. The van der Waals surface area contributed by atoms with Gasteiger partial charge in [-0.05, 0) is 54.5 Å². The molecule has 1 atom stereocenters. The van der Waals surface area contributed by atoms with Crippen LogP contribution >= 0.6 is 0 Å². The van der Waals surface area contributed by atoms with E-state index in [9.17, 15) is 4.79 Å². The van der Waals surface area contributed by atoms with Crippen molar-refractivity contribution in [1.29, 1.82) is 0 Å². The Morgan fingerprint density at radius 2 is 2.04 bits per heavy atom. The molecule has 0 spiro atoms. The largest absolute Gasteiger partial charge is 0.496 e. The van der Waals surface area contributed by atoms with Crippen molar-refractivity contribution >= 4 is 16.8 Å². The molecule has 1 aliphatic rings. The quantitative estimate of drug-likeness (QED) is 0.741. The number of methoxy groups -OCH3 is 1. The predicted octanol–water partition coefficient (Wildman–Crippen LogP) is 4.17. The number of carbonyl (C=O) groups excluding carboxylic acids is 1. The van der Waals surface area contributed by atoms with E-state index in [4.69, 9.17) is 10.5 Å². The van der Waals surface area contributed by atoms with Gasteiger partial charge < -0.3 is 15.0 Å². The molecule has 1 amide bonds. The first-order valence-corrected chi connectivity index (χ1v) is 9.69. The van der Waals surface area contributed by atoms with E-state index in [0.29, 0.717) is 0 Å². The summed E-state index contributed by atoms with van der Waals surface area (Å²) >= 11 is 0. The van der Waals surface area contributed by atoms with Crippen LogP contribution in [-0.4, -0.2) is 17.6 Å². The summed E-state index contributed by atoms with van der Waals surface area (Å²) in [7, 11) is 1.71. The highest BCUT2D eigenvalue weighted by atomic mass is 16.5. The number of aromatic nitrogens is 1. The van der Waals surface area contributed by atoms with Crippen molar-refractivity contribution in [2.45, 2.75) is 45.1 Å². The summed E-state index contributed by atoms with van der Waals surface area (Å²) in [6, 6.07) is 14.8. The van der Waals surface area contributed by atoms with E-state index in [1.54, 1.807) is 7.11 Å². The van der Waals surface area contributed by atoms with Gasteiger partial charge in [0.15, 0.2) is 0 Å². The number of hydrogen-bond donors (Lipinski definition) is 1. The lowest BCUT2D eigenvalue weighted by molar-refractivity contribution is -0.119. The third kappa shape index (κ3) is 2.99. The van der Waals surface area contributed by atoms with Crippen molar-refractivity contribution in [3.63, 3.8) is 0 Å². The van der Waals surface area contributed by atoms with Crippen molar-refractivity contribution in [1.82, 2.24) is 4.57 Å². The minimum absolute atomic E-state index is 0.217. The van der Waals surface area contributed by atoms with Crippen molar-refractivity contribution in [3.05, 3.63) is 64.8 Å². The molecule has 3 aromatic rings. The molecule has 27 heavy (non-hydrogen) atoms. The van der Waals surface area contributed by atoms with Gasteiger partial charge >= 0.3 is 0 Å². The van der Waals surface area contributed by atoms with E-state index in [1.807, 2.05) is 6.07 Å². The van der Waals surface area contributed by atoms with Gasteiger partial charge in [-0.15, -0.1) is 0 Å². The number of aryl methyl sites for hydroxylation is 1. The molecule has 0 aliphatic heterocycles. The van der Waals surface area contributed by atoms with Crippen LogP contribution in [0.5, 0.6) is 5.75 Å². The van der Waals surface area contributed by atoms with E-state index in [0.717, 1.165) is 48.9 Å². The molecule has 1 aliphatic carbocycles. The molecule has 140 valence electrons. The van der Waals surface area contributed by atoms with Gasteiger partial charge in [-0.3, -0.25) is 4.79 Å². The minimum atomic E-state index is -0.228. The van der Waals surface area contributed by atoms with Gasteiger partial charge in [-0.1, -0.05) is 37.3 Å². The smallest absolute Gasteiger partial charge is 0.225 e.